The molecule has 4 nitrogen and oxygen atoms in total. The molecule has 0 saturated heterocycles. The van der Waals surface area contributed by atoms with E-state index in [4.69, 9.17) is 5.26 Å². The Hall–Kier alpha value is -1.89. The van der Waals surface area contributed by atoms with Crippen LogP contribution in [-0.4, -0.2) is 29.4 Å². The lowest BCUT2D eigenvalue weighted by molar-refractivity contribution is 0.0806. The fourth-order valence-electron chi connectivity index (χ4n) is 0.863. The molecule has 0 N–H and O–H groups in total. The van der Waals surface area contributed by atoms with E-state index in [9.17, 15) is 4.79 Å². The van der Waals surface area contributed by atoms with Crippen molar-refractivity contribution in [3.8, 4) is 6.07 Å². The summed E-state index contributed by atoms with van der Waals surface area (Å²) >= 11 is 0. The van der Waals surface area contributed by atoms with Crippen LogP contribution in [0.4, 0.5) is 0 Å². The Balaban J connectivity index is 2.75. The smallest absolute Gasteiger partial charge is 0.273 e. The molecule has 1 amide bonds. The molecule has 13 heavy (non-hydrogen) atoms. The number of pyridine rings is 1. The molecule has 1 aromatic rings. The minimum absolute atomic E-state index is 0.0788. The summed E-state index contributed by atoms with van der Waals surface area (Å²) in [5, 5.41) is 8.37. The van der Waals surface area contributed by atoms with Gasteiger partial charge in [0.25, 0.3) is 5.91 Å². The molecule has 4 heteroatoms. The normalized spacial score (nSPS) is 8.92. The van der Waals surface area contributed by atoms with Gasteiger partial charge in [-0.1, -0.05) is 6.07 Å². The van der Waals surface area contributed by atoms with Crippen LogP contribution in [0.5, 0.6) is 0 Å². The Morgan fingerprint density at radius 3 is 3.00 bits per heavy atom. The van der Waals surface area contributed by atoms with Gasteiger partial charge in [0.15, 0.2) is 0 Å². The van der Waals surface area contributed by atoms with Gasteiger partial charge in [-0.3, -0.25) is 9.78 Å². The minimum Gasteiger partial charge on any atom is -0.327 e. The molecule has 0 aliphatic carbocycles. The van der Waals surface area contributed by atoms with Gasteiger partial charge in [-0.25, -0.2) is 0 Å². The first-order chi connectivity index (χ1) is 6.25. The molecule has 0 aliphatic heterocycles. The third kappa shape index (κ3) is 2.27. The molecule has 0 unspecified atom stereocenters. The third-order valence-electron chi connectivity index (χ3n) is 1.54. The standard InChI is InChI=1S/C9H9N3O/c1-12(7-5-10)9(13)8-4-2-3-6-11-8/h2-4,6H,7H2,1H3. The highest BCUT2D eigenvalue weighted by molar-refractivity contribution is 5.92. The van der Waals surface area contributed by atoms with Crippen LogP contribution < -0.4 is 0 Å². The summed E-state index contributed by atoms with van der Waals surface area (Å²) in [4.78, 5) is 16.7. The van der Waals surface area contributed by atoms with Gasteiger partial charge >= 0.3 is 0 Å². The molecule has 1 heterocycles. The first-order valence-corrected chi connectivity index (χ1v) is 3.79. The van der Waals surface area contributed by atoms with E-state index in [0.717, 1.165) is 0 Å². The van der Waals surface area contributed by atoms with E-state index in [0.29, 0.717) is 5.69 Å². The maximum atomic E-state index is 11.4. The number of carbonyl (C=O) groups is 1. The highest BCUT2D eigenvalue weighted by Gasteiger charge is 2.10. The number of amides is 1. The minimum atomic E-state index is -0.234. The molecular formula is C9H9N3O. The maximum absolute atomic E-state index is 11.4. The predicted molar refractivity (Wildman–Crippen MR) is 46.8 cm³/mol. The zero-order chi connectivity index (χ0) is 9.68. The summed E-state index contributed by atoms with van der Waals surface area (Å²) in [5.41, 5.74) is 0.361. The molecule has 66 valence electrons. The van der Waals surface area contributed by atoms with Gasteiger partial charge in [-0.15, -0.1) is 0 Å². The van der Waals surface area contributed by atoms with E-state index < -0.39 is 0 Å². The number of aromatic nitrogens is 1. The molecule has 0 atom stereocenters. The van der Waals surface area contributed by atoms with E-state index in [-0.39, 0.29) is 12.5 Å². The van der Waals surface area contributed by atoms with Crippen LogP contribution in [0.3, 0.4) is 0 Å². The van der Waals surface area contributed by atoms with Gasteiger partial charge in [0.05, 0.1) is 6.07 Å². The third-order valence-corrected chi connectivity index (χ3v) is 1.54. The molecule has 0 radical (unpaired) electrons. The quantitative estimate of drug-likeness (QED) is 0.621. The van der Waals surface area contributed by atoms with Crippen molar-refractivity contribution in [1.82, 2.24) is 9.88 Å². The molecule has 1 rings (SSSR count). The van der Waals surface area contributed by atoms with Gasteiger partial charge in [-0.05, 0) is 12.1 Å². The number of hydrogen-bond acceptors (Lipinski definition) is 3. The molecule has 0 spiro atoms. The predicted octanol–water partition coefficient (Wildman–Crippen LogP) is 0.677. The average molecular weight is 175 g/mol. The van der Waals surface area contributed by atoms with E-state index in [1.807, 2.05) is 6.07 Å². The number of carbonyl (C=O) groups excluding carboxylic acids is 1. The summed E-state index contributed by atoms with van der Waals surface area (Å²) in [6.45, 7) is 0.0788. The van der Waals surface area contributed by atoms with E-state index in [2.05, 4.69) is 4.98 Å². The summed E-state index contributed by atoms with van der Waals surface area (Å²) in [6, 6.07) is 6.99. The molecule has 0 fully saturated rings. The van der Waals surface area contributed by atoms with Crippen molar-refractivity contribution in [3.05, 3.63) is 30.1 Å². The highest BCUT2D eigenvalue weighted by atomic mass is 16.2. The molecule has 0 aliphatic rings. The van der Waals surface area contributed by atoms with E-state index in [1.54, 1.807) is 31.4 Å². The van der Waals surface area contributed by atoms with E-state index >= 15 is 0 Å². The average Bonchev–Trinajstić information content (AvgIpc) is 2.18. The van der Waals surface area contributed by atoms with Gasteiger partial charge in [-0.2, -0.15) is 5.26 Å². The Morgan fingerprint density at radius 2 is 2.46 bits per heavy atom. The first kappa shape index (κ1) is 9.20. The summed E-state index contributed by atoms with van der Waals surface area (Å²) in [7, 11) is 1.57. The van der Waals surface area contributed by atoms with Crippen molar-refractivity contribution in [3.63, 3.8) is 0 Å². The summed E-state index contributed by atoms with van der Waals surface area (Å²) in [5.74, 6) is -0.234. The fourth-order valence-corrected chi connectivity index (χ4v) is 0.863. The second-order valence-corrected chi connectivity index (χ2v) is 2.53. The monoisotopic (exact) mass is 175 g/mol. The van der Waals surface area contributed by atoms with Gasteiger partial charge in [0, 0.05) is 13.2 Å². The van der Waals surface area contributed by atoms with Crippen molar-refractivity contribution in [2.75, 3.05) is 13.6 Å². The molecular weight excluding hydrogens is 166 g/mol. The SMILES string of the molecule is CN(CC#N)C(=O)c1ccccn1. The van der Waals surface area contributed by atoms with Crippen molar-refractivity contribution in [2.45, 2.75) is 0 Å². The van der Waals surface area contributed by atoms with Crippen LogP contribution in [0.2, 0.25) is 0 Å². The summed E-state index contributed by atoms with van der Waals surface area (Å²) in [6.07, 6.45) is 1.55. The maximum Gasteiger partial charge on any atom is 0.273 e. The fraction of sp³-hybridized carbons (Fsp3) is 0.222. The van der Waals surface area contributed by atoms with Gasteiger partial charge in [0.2, 0.25) is 0 Å². The lowest BCUT2D eigenvalue weighted by Crippen LogP contribution is -2.27. The zero-order valence-electron chi connectivity index (χ0n) is 7.27. The number of nitriles is 1. The molecule has 1 aromatic heterocycles. The number of rotatable bonds is 2. The second-order valence-electron chi connectivity index (χ2n) is 2.53. The van der Waals surface area contributed by atoms with Crippen molar-refractivity contribution < 1.29 is 4.79 Å². The lowest BCUT2D eigenvalue weighted by Gasteiger charge is -2.11. The van der Waals surface area contributed by atoms with Crippen LogP contribution in [0.25, 0.3) is 0 Å². The lowest BCUT2D eigenvalue weighted by atomic mass is 10.3. The van der Waals surface area contributed by atoms with Gasteiger partial charge in [0.1, 0.15) is 12.2 Å². The second kappa shape index (κ2) is 4.21. The Kier molecular flexibility index (Phi) is 2.98. The van der Waals surface area contributed by atoms with Crippen molar-refractivity contribution in [2.24, 2.45) is 0 Å². The number of nitrogens with zero attached hydrogens (tertiary/aromatic N) is 3. The molecule has 0 saturated carbocycles. The largest absolute Gasteiger partial charge is 0.327 e. The van der Waals surface area contributed by atoms with Crippen molar-refractivity contribution >= 4 is 5.91 Å². The highest BCUT2D eigenvalue weighted by Crippen LogP contribution is 1.97. The van der Waals surface area contributed by atoms with Gasteiger partial charge < -0.3 is 4.90 Å². The summed E-state index contributed by atoms with van der Waals surface area (Å²) < 4.78 is 0. The Morgan fingerprint density at radius 1 is 1.69 bits per heavy atom. The van der Waals surface area contributed by atoms with E-state index in [1.165, 1.54) is 4.90 Å². The first-order valence-electron chi connectivity index (χ1n) is 3.79. The van der Waals surface area contributed by atoms with Crippen LogP contribution in [0, 0.1) is 11.3 Å². The van der Waals surface area contributed by atoms with Crippen LogP contribution in [0.1, 0.15) is 10.5 Å². The van der Waals surface area contributed by atoms with Crippen LogP contribution in [-0.2, 0) is 0 Å². The van der Waals surface area contributed by atoms with Crippen LogP contribution >= 0.6 is 0 Å². The Bertz CT molecular complexity index is 328. The number of hydrogen-bond donors (Lipinski definition) is 0. The van der Waals surface area contributed by atoms with Crippen LogP contribution in [0.15, 0.2) is 24.4 Å². The Labute approximate surface area is 76.4 Å². The molecule has 0 bridgehead atoms. The topological polar surface area (TPSA) is 57.0 Å². The molecule has 0 aromatic carbocycles. The van der Waals surface area contributed by atoms with Crippen molar-refractivity contribution in [1.29, 1.82) is 5.26 Å². The zero-order valence-corrected chi connectivity index (χ0v) is 7.27.